The third kappa shape index (κ3) is 3.39. The lowest BCUT2D eigenvalue weighted by molar-refractivity contribution is 0.632. The fourth-order valence-corrected chi connectivity index (χ4v) is 2.70. The molecule has 0 amide bonds. The average molecular weight is 354 g/mol. The summed E-state index contributed by atoms with van der Waals surface area (Å²) in [5.74, 6) is 1.22. The monoisotopic (exact) mass is 352 g/mol. The summed E-state index contributed by atoms with van der Waals surface area (Å²) in [5, 5.41) is 0.477. The lowest BCUT2D eigenvalue weighted by Gasteiger charge is -2.11. The zero-order valence-electron chi connectivity index (χ0n) is 12.2. The van der Waals surface area contributed by atoms with E-state index in [1.54, 1.807) is 0 Å². The summed E-state index contributed by atoms with van der Waals surface area (Å²) in [5.41, 5.74) is 4.40. The van der Waals surface area contributed by atoms with Gasteiger partial charge >= 0.3 is 0 Å². The predicted molar refractivity (Wildman–Crippen MR) is 88.2 cm³/mol. The molecule has 0 aliphatic heterocycles. The van der Waals surface area contributed by atoms with Crippen molar-refractivity contribution < 1.29 is 0 Å². The molecule has 0 bridgehead atoms. The molecule has 4 heteroatoms. The Kier molecular flexibility index (Phi) is 4.82. The molecular weight excluding hydrogens is 336 g/mol. The number of nitrogens with zero attached hydrogens (tertiary/aromatic N) is 2. The summed E-state index contributed by atoms with van der Waals surface area (Å²) in [7, 11) is 0. The molecule has 0 saturated heterocycles. The zero-order chi connectivity index (χ0) is 14.9. The molecule has 0 radical (unpaired) electrons. The Morgan fingerprint density at radius 1 is 1.20 bits per heavy atom. The summed E-state index contributed by atoms with van der Waals surface area (Å²) < 4.78 is 0.807. The first kappa shape index (κ1) is 15.5. The molecule has 20 heavy (non-hydrogen) atoms. The van der Waals surface area contributed by atoms with Crippen molar-refractivity contribution >= 4 is 27.5 Å². The van der Waals surface area contributed by atoms with Gasteiger partial charge in [0.2, 0.25) is 0 Å². The highest BCUT2D eigenvalue weighted by molar-refractivity contribution is 9.10. The Morgan fingerprint density at radius 3 is 2.50 bits per heavy atom. The fourth-order valence-electron chi connectivity index (χ4n) is 2.17. The second kappa shape index (κ2) is 6.23. The Morgan fingerprint density at radius 2 is 1.90 bits per heavy atom. The normalized spacial score (nSPS) is 11.2. The van der Waals surface area contributed by atoms with E-state index in [-0.39, 0.29) is 0 Å². The van der Waals surface area contributed by atoms with E-state index in [1.165, 1.54) is 11.1 Å². The summed E-state index contributed by atoms with van der Waals surface area (Å²) in [6.45, 7) is 8.48. The molecule has 0 saturated carbocycles. The topological polar surface area (TPSA) is 25.8 Å². The first-order valence-corrected chi connectivity index (χ1v) is 7.85. The highest BCUT2D eigenvalue weighted by Crippen LogP contribution is 2.29. The van der Waals surface area contributed by atoms with Crippen molar-refractivity contribution in [2.24, 2.45) is 5.92 Å². The van der Waals surface area contributed by atoms with Gasteiger partial charge < -0.3 is 0 Å². The van der Waals surface area contributed by atoms with Gasteiger partial charge in [0.05, 0.1) is 10.2 Å². The van der Waals surface area contributed by atoms with Crippen LogP contribution in [0, 0.1) is 19.8 Å². The van der Waals surface area contributed by atoms with Crippen LogP contribution in [0.25, 0.3) is 11.4 Å². The van der Waals surface area contributed by atoms with Crippen molar-refractivity contribution in [1.82, 2.24) is 9.97 Å². The second-order valence-electron chi connectivity index (χ2n) is 5.52. The van der Waals surface area contributed by atoms with Crippen molar-refractivity contribution in [2.75, 3.05) is 0 Å². The van der Waals surface area contributed by atoms with Crippen molar-refractivity contribution in [3.05, 3.63) is 44.6 Å². The number of halogens is 2. The minimum atomic E-state index is 0.477. The van der Waals surface area contributed by atoms with Crippen LogP contribution in [0.15, 0.2) is 22.7 Å². The standard InChI is InChI=1S/C16H18BrClN2/c1-9(2)7-13-14(17)15(18)20-16(19-13)12-6-5-10(3)8-11(12)4/h5-6,8-9H,7H2,1-4H3. The summed E-state index contributed by atoms with van der Waals surface area (Å²) in [6.07, 6.45) is 0.876. The predicted octanol–water partition coefficient (Wildman–Crippen LogP) is 5.37. The molecule has 106 valence electrons. The minimum absolute atomic E-state index is 0.477. The van der Waals surface area contributed by atoms with E-state index in [0.717, 1.165) is 22.2 Å². The zero-order valence-corrected chi connectivity index (χ0v) is 14.5. The fraction of sp³-hybridized carbons (Fsp3) is 0.375. The van der Waals surface area contributed by atoms with Crippen LogP contribution in [0.2, 0.25) is 5.15 Å². The molecule has 2 aromatic rings. The number of hydrogen-bond donors (Lipinski definition) is 0. The molecule has 0 N–H and O–H groups in total. The molecule has 0 atom stereocenters. The first-order chi connectivity index (χ1) is 9.38. The first-order valence-electron chi connectivity index (χ1n) is 6.68. The third-order valence-corrected chi connectivity index (χ3v) is 4.44. The van der Waals surface area contributed by atoms with Crippen LogP contribution in [-0.2, 0) is 6.42 Å². The molecule has 2 nitrogen and oxygen atoms in total. The van der Waals surface area contributed by atoms with Crippen LogP contribution < -0.4 is 0 Å². The highest BCUT2D eigenvalue weighted by atomic mass is 79.9. The summed E-state index contributed by atoms with van der Waals surface area (Å²) in [6, 6.07) is 6.27. The van der Waals surface area contributed by atoms with Gasteiger partial charge in [-0.25, -0.2) is 9.97 Å². The third-order valence-electron chi connectivity index (χ3n) is 3.10. The van der Waals surface area contributed by atoms with Gasteiger partial charge in [0.15, 0.2) is 5.82 Å². The van der Waals surface area contributed by atoms with E-state index in [1.807, 2.05) is 0 Å². The van der Waals surface area contributed by atoms with E-state index in [0.29, 0.717) is 16.9 Å². The molecule has 0 spiro atoms. The lowest BCUT2D eigenvalue weighted by atomic mass is 10.0. The Balaban J connectivity index is 2.54. The average Bonchev–Trinajstić information content (AvgIpc) is 2.34. The Hall–Kier alpha value is -0.930. The van der Waals surface area contributed by atoms with Gasteiger partial charge in [-0.2, -0.15) is 0 Å². The summed E-state index contributed by atoms with van der Waals surface area (Å²) >= 11 is 9.73. The molecule has 0 unspecified atom stereocenters. The second-order valence-corrected chi connectivity index (χ2v) is 6.67. The maximum Gasteiger partial charge on any atom is 0.161 e. The van der Waals surface area contributed by atoms with Gasteiger partial charge in [-0.1, -0.05) is 49.2 Å². The van der Waals surface area contributed by atoms with Crippen molar-refractivity contribution in [2.45, 2.75) is 34.1 Å². The van der Waals surface area contributed by atoms with Crippen molar-refractivity contribution in [1.29, 1.82) is 0 Å². The molecular formula is C16H18BrClN2. The molecule has 0 aliphatic rings. The molecule has 0 aliphatic carbocycles. The van der Waals surface area contributed by atoms with Gasteiger partial charge in [-0.3, -0.25) is 0 Å². The van der Waals surface area contributed by atoms with Crippen LogP contribution in [0.3, 0.4) is 0 Å². The molecule has 1 aromatic heterocycles. The number of hydrogen-bond acceptors (Lipinski definition) is 2. The van der Waals surface area contributed by atoms with E-state index in [4.69, 9.17) is 16.6 Å². The molecule has 1 aromatic carbocycles. The molecule has 0 fully saturated rings. The van der Waals surface area contributed by atoms with E-state index in [9.17, 15) is 0 Å². The van der Waals surface area contributed by atoms with Crippen molar-refractivity contribution in [3.63, 3.8) is 0 Å². The lowest BCUT2D eigenvalue weighted by Crippen LogP contribution is -2.03. The van der Waals surface area contributed by atoms with E-state index in [2.05, 4.69) is 66.8 Å². The maximum atomic E-state index is 6.24. The van der Waals surface area contributed by atoms with E-state index < -0.39 is 0 Å². The number of aryl methyl sites for hydroxylation is 2. The largest absolute Gasteiger partial charge is 0.232 e. The smallest absolute Gasteiger partial charge is 0.161 e. The van der Waals surface area contributed by atoms with Crippen LogP contribution in [-0.4, -0.2) is 9.97 Å². The highest BCUT2D eigenvalue weighted by Gasteiger charge is 2.14. The van der Waals surface area contributed by atoms with Gasteiger partial charge in [-0.05, 0) is 47.7 Å². The summed E-state index contributed by atoms with van der Waals surface area (Å²) in [4.78, 5) is 9.10. The van der Waals surface area contributed by atoms with Crippen LogP contribution in [0.5, 0.6) is 0 Å². The van der Waals surface area contributed by atoms with Gasteiger partial charge in [0, 0.05) is 5.56 Å². The van der Waals surface area contributed by atoms with Crippen molar-refractivity contribution in [3.8, 4) is 11.4 Å². The Labute approximate surface area is 133 Å². The molecule has 2 rings (SSSR count). The van der Waals surface area contributed by atoms with Gasteiger partial charge in [0.25, 0.3) is 0 Å². The quantitative estimate of drug-likeness (QED) is 0.693. The van der Waals surface area contributed by atoms with Crippen LogP contribution >= 0.6 is 27.5 Å². The van der Waals surface area contributed by atoms with E-state index >= 15 is 0 Å². The Bertz CT molecular complexity index is 639. The minimum Gasteiger partial charge on any atom is -0.232 e. The van der Waals surface area contributed by atoms with Gasteiger partial charge in [-0.15, -0.1) is 0 Å². The van der Waals surface area contributed by atoms with Crippen LogP contribution in [0.4, 0.5) is 0 Å². The number of benzene rings is 1. The van der Waals surface area contributed by atoms with Gasteiger partial charge in [0.1, 0.15) is 5.15 Å². The maximum absolute atomic E-state index is 6.24. The SMILES string of the molecule is Cc1ccc(-c2nc(Cl)c(Br)c(CC(C)C)n2)c(C)c1. The number of rotatable bonds is 3. The van der Waals surface area contributed by atoms with Crippen LogP contribution in [0.1, 0.15) is 30.7 Å². The molecule has 1 heterocycles. The number of aromatic nitrogens is 2.